The Morgan fingerprint density at radius 3 is 2.67 bits per heavy atom. The third-order valence-corrected chi connectivity index (χ3v) is 1.57. The Kier molecular flexibility index (Phi) is 6.72. The molecule has 0 unspecified atom stereocenters. The van der Waals surface area contributed by atoms with E-state index in [1.807, 2.05) is 18.2 Å². The summed E-state index contributed by atoms with van der Waals surface area (Å²) in [4.78, 5) is 4.17. The Labute approximate surface area is 79.1 Å². The lowest BCUT2D eigenvalue weighted by atomic mass is 10.2. The predicted octanol–water partition coefficient (Wildman–Crippen LogP) is 1.82. The maximum Gasteiger partial charge on any atom is 0.0431 e. The molecule has 0 bridgehead atoms. The molecule has 2 nitrogen and oxygen atoms in total. The van der Waals surface area contributed by atoms with Crippen LogP contribution in [0.25, 0.3) is 0 Å². The molecule has 0 amide bonds. The van der Waals surface area contributed by atoms with Gasteiger partial charge in [-0.05, 0) is 31.4 Å². The van der Waals surface area contributed by atoms with Crippen LogP contribution in [-0.2, 0) is 6.42 Å². The van der Waals surface area contributed by atoms with Crippen molar-refractivity contribution in [2.45, 2.75) is 19.3 Å². The van der Waals surface area contributed by atoms with E-state index in [0.29, 0.717) is 0 Å². The van der Waals surface area contributed by atoms with Crippen molar-refractivity contribution in [2.75, 3.05) is 6.61 Å². The number of aliphatic hydroxyl groups excluding tert-OH is 1. The first-order valence-electron chi connectivity index (χ1n) is 3.94. The van der Waals surface area contributed by atoms with Crippen LogP contribution in [-0.4, -0.2) is 16.7 Å². The lowest BCUT2D eigenvalue weighted by molar-refractivity contribution is 0.284. The highest BCUT2D eigenvalue weighted by molar-refractivity contribution is 5.85. The topological polar surface area (TPSA) is 33.1 Å². The Bertz CT molecular complexity index is 191. The Morgan fingerprint density at radius 1 is 1.25 bits per heavy atom. The van der Waals surface area contributed by atoms with Crippen molar-refractivity contribution in [1.29, 1.82) is 0 Å². The summed E-state index contributed by atoms with van der Waals surface area (Å²) in [6.45, 7) is 0.285. The summed E-state index contributed by atoms with van der Waals surface area (Å²) >= 11 is 0. The fraction of sp³-hybridized carbons (Fsp3) is 0.444. The molecule has 1 heterocycles. The molecule has 0 spiro atoms. The van der Waals surface area contributed by atoms with Crippen LogP contribution in [0.15, 0.2) is 24.4 Å². The third-order valence-electron chi connectivity index (χ3n) is 1.57. The smallest absolute Gasteiger partial charge is 0.0431 e. The summed E-state index contributed by atoms with van der Waals surface area (Å²) in [5.41, 5.74) is 1.11. The summed E-state index contributed by atoms with van der Waals surface area (Å²) in [5, 5.41) is 8.52. The second-order valence-corrected chi connectivity index (χ2v) is 2.50. The first-order valence-corrected chi connectivity index (χ1v) is 3.94. The number of aryl methyl sites for hydroxylation is 1. The molecule has 0 saturated heterocycles. The molecular formula is C9H14ClNO. The van der Waals surface area contributed by atoms with Crippen LogP contribution in [0.5, 0.6) is 0 Å². The van der Waals surface area contributed by atoms with Crippen LogP contribution in [0.1, 0.15) is 18.5 Å². The van der Waals surface area contributed by atoms with E-state index in [4.69, 9.17) is 5.11 Å². The van der Waals surface area contributed by atoms with Gasteiger partial charge in [0, 0.05) is 18.5 Å². The van der Waals surface area contributed by atoms with Gasteiger partial charge in [-0.15, -0.1) is 12.4 Å². The van der Waals surface area contributed by atoms with Gasteiger partial charge in [-0.2, -0.15) is 0 Å². The number of hydrogen-bond donors (Lipinski definition) is 1. The fourth-order valence-corrected chi connectivity index (χ4v) is 0.964. The molecule has 1 aromatic heterocycles. The predicted molar refractivity (Wildman–Crippen MR) is 51.5 cm³/mol. The summed E-state index contributed by atoms with van der Waals surface area (Å²) in [6.07, 6.45) is 4.67. The van der Waals surface area contributed by atoms with Gasteiger partial charge in [-0.3, -0.25) is 4.98 Å². The highest BCUT2D eigenvalue weighted by Crippen LogP contribution is 1.99. The van der Waals surface area contributed by atoms with Crippen LogP contribution in [0.4, 0.5) is 0 Å². The van der Waals surface area contributed by atoms with Crippen molar-refractivity contribution < 1.29 is 5.11 Å². The van der Waals surface area contributed by atoms with Crippen LogP contribution in [0.3, 0.4) is 0 Å². The van der Waals surface area contributed by atoms with Crippen molar-refractivity contribution in [2.24, 2.45) is 0 Å². The minimum absolute atomic E-state index is 0. The average Bonchev–Trinajstić information content (AvgIpc) is 2.07. The minimum Gasteiger partial charge on any atom is -0.396 e. The third kappa shape index (κ3) is 4.31. The van der Waals surface area contributed by atoms with Crippen LogP contribution >= 0.6 is 12.4 Å². The van der Waals surface area contributed by atoms with E-state index in [2.05, 4.69) is 4.98 Å². The first-order chi connectivity index (χ1) is 5.43. The van der Waals surface area contributed by atoms with Gasteiger partial charge in [0.15, 0.2) is 0 Å². The van der Waals surface area contributed by atoms with E-state index in [1.54, 1.807) is 6.20 Å². The number of nitrogens with zero attached hydrogens (tertiary/aromatic N) is 1. The monoisotopic (exact) mass is 187 g/mol. The molecule has 1 aromatic rings. The number of rotatable bonds is 4. The first kappa shape index (κ1) is 11.4. The molecule has 0 saturated carbocycles. The van der Waals surface area contributed by atoms with Gasteiger partial charge in [0.2, 0.25) is 0 Å². The second-order valence-electron chi connectivity index (χ2n) is 2.50. The zero-order chi connectivity index (χ0) is 7.94. The van der Waals surface area contributed by atoms with Crippen LogP contribution < -0.4 is 0 Å². The van der Waals surface area contributed by atoms with Gasteiger partial charge in [0.25, 0.3) is 0 Å². The molecule has 12 heavy (non-hydrogen) atoms. The quantitative estimate of drug-likeness (QED) is 0.730. The largest absolute Gasteiger partial charge is 0.396 e. The van der Waals surface area contributed by atoms with Crippen molar-refractivity contribution in [3.8, 4) is 0 Å². The molecule has 1 N–H and O–H groups in total. The van der Waals surface area contributed by atoms with Gasteiger partial charge >= 0.3 is 0 Å². The Hall–Kier alpha value is -0.600. The number of halogens is 1. The fourth-order valence-electron chi connectivity index (χ4n) is 0.964. The van der Waals surface area contributed by atoms with Crippen LogP contribution in [0, 0.1) is 0 Å². The van der Waals surface area contributed by atoms with Gasteiger partial charge in [-0.25, -0.2) is 0 Å². The number of unbranched alkanes of at least 4 members (excludes halogenated alkanes) is 1. The van der Waals surface area contributed by atoms with Crippen molar-refractivity contribution in [3.05, 3.63) is 30.1 Å². The molecule has 0 aliphatic heterocycles. The van der Waals surface area contributed by atoms with Gasteiger partial charge < -0.3 is 5.11 Å². The van der Waals surface area contributed by atoms with Crippen molar-refractivity contribution >= 4 is 12.4 Å². The zero-order valence-electron chi connectivity index (χ0n) is 6.94. The molecule has 1 rings (SSSR count). The minimum atomic E-state index is 0. The van der Waals surface area contributed by atoms with Crippen molar-refractivity contribution in [1.82, 2.24) is 4.98 Å². The van der Waals surface area contributed by atoms with E-state index >= 15 is 0 Å². The molecule has 0 aliphatic rings. The highest BCUT2D eigenvalue weighted by atomic mass is 35.5. The van der Waals surface area contributed by atoms with Gasteiger partial charge in [0.05, 0.1) is 0 Å². The summed E-state index contributed by atoms with van der Waals surface area (Å²) < 4.78 is 0. The zero-order valence-corrected chi connectivity index (χ0v) is 7.76. The summed E-state index contributed by atoms with van der Waals surface area (Å²) in [7, 11) is 0. The van der Waals surface area contributed by atoms with E-state index in [1.165, 1.54) is 0 Å². The second kappa shape index (κ2) is 7.07. The molecule has 0 radical (unpaired) electrons. The summed E-state index contributed by atoms with van der Waals surface area (Å²) in [6, 6.07) is 5.91. The summed E-state index contributed by atoms with van der Waals surface area (Å²) in [5.74, 6) is 0. The maximum absolute atomic E-state index is 8.52. The molecule has 68 valence electrons. The number of pyridine rings is 1. The van der Waals surface area contributed by atoms with E-state index < -0.39 is 0 Å². The molecule has 0 fully saturated rings. The van der Waals surface area contributed by atoms with E-state index in [0.717, 1.165) is 25.0 Å². The molecular weight excluding hydrogens is 174 g/mol. The lowest BCUT2D eigenvalue weighted by Crippen LogP contribution is -1.90. The van der Waals surface area contributed by atoms with Crippen LogP contribution in [0.2, 0.25) is 0 Å². The van der Waals surface area contributed by atoms with Gasteiger partial charge in [-0.1, -0.05) is 6.07 Å². The average molecular weight is 188 g/mol. The Morgan fingerprint density at radius 2 is 2.08 bits per heavy atom. The number of aliphatic hydroxyl groups is 1. The standard InChI is InChI=1S/C9H13NO.ClH/c11-8-4-2-6-9-5-1-3-7-10-9;/h1,3,5,7,11H,2,4,6,8H2;1H. The maximum atomic E-state index is 8.52. The van der Waals surface area contributed by atoms with Gasteiger partial charge in [0.1, 0.15) is 0 Å². The van der Waals surface area contributed by atoms with E-state index in [-0.39, 0.29) is 19.0 Å². The number of aromatic nitrogens is 1. The molecule has 0 aliphatic carbocycles. The van der Waals surface area contributed by atoms with E-state index in [9.17, 15) is 0 Å². The molecule has 3 heteroatoms. The number of hydrogen-bond acceptors (Lipinski definition) is 2. The highest BCUT2D eigenvalue weighted by Gasteiger charge is 1.91. The normalized spacial score (nSPS) is 9.08. The van der Waals surface area contributed by atoms with Crippen molar-refractivity contribution in [3.63, 3.8) is 0 Å². The SMILES string of the molecule is Cl.OCCCCc1ccccn1. The Balaban J connectivity index is 0.00000121. The molecule has 0 aromatic carbocycles. The molecule has 0 atom stereocenters. The lowest BCUT2D eigenvalue weighted by Gasteiger charge is -1.96.